The summed E-state index contributed by atoms with van der Waals surface area (Å²) in [5.74, 6) is 1.38. The molecule has 1 heterocycles. The summed E-state index contributed by atoms with van der Waals surface area (Å²) in [4.78, 5) is 24.5. The molecule has 0 radical (unpaired) electrons. The van der Waals surface area contributed by atoms with E-state index in [2.05, 4.69) is 0 Å². The lowest BCUT2D eigenvalue weighted by molar-refractivity contribution is 0.0972. The van der Waals surface area contributed by atoms with Gasteiger partial charge in [-0.05, 0) is 55.6 Å². The fourth-order valence-electron chi connectivity index (χ4n) is 4.45. The fourth-order valence-corrected chi connectivity index (χ4v) is 4.45. The van der Waals surface area contributed by atoms with Crippen LogP contribution in [0.1, 0.15) is 41.8 Å². The van der Waals surface area contributed by atoms with Gasteiger partial charge >= 0.3 is 0 Å². The average Bonchev–Trinajstić information content (AvgIpc) is 3.12. The molecule has 3 atom stereocenters. The molecule has 2 aliphatic carbocycles. The number of rotatable bonds is 3. The van der Waals surface area contributed by atoms with Crippen LogP contribution >= 0.6 is 0 Å². The summed E-state index contributed by atoms with van der Waals surface area (Å²) in [6.45, 7) is 0. The number of fused-ring (bicyclic) bond motifs is 3. The minimum Gasteiger partial charge on any atom is -0.450 e. The van der Waals surface area contributed by atoms with Gasteiger partial charge in [-0.3, -0.25) is 9.59 Å². The Bertz CT molecular complexity index is 808. The zero-order valence-electron chi connectivity index (χ0n) is 12.4. The standard InChI is InChI=1S/C18H19NO3/c19-18(21)17-14(9-12-8-10-5-6-11(12)7-10)16(20)13-3-1-2-4-15(13)22-17/h1-4,10-12H,5-9H2,(H2,19,21). The number of benzene rings is 1. The van der Waals surface area contributed by atoms with Crippen LogP contribution in [-0.2, 0) is 6.42 Å². The molecule has 4 heteroatoms. The first-order valence-electron chi connectivity index (χ1n) is 7.98. The topological polar surface area (TPSA) is 73.3 Å². The highest BCUT2D eigenvalue weighted by molar-refractivity contribution is 5.93. The highest BCUT2D eigenvalue weighted by Gasteiger charge is 2.40. The van der Waals surface area contributed by atoms with Crippen LogP contribution in [0.2, 0.25) is 0 Å². The van der Waals surface area contributed by atoms with Crippen molar-refractivity contribution in [2.24, 2.45) is 23.5 Å². The van der Waals surface area contributed by atoms with E-state index in [0.29, 0.717) is 34.8 Å². The Kier molecular flexibility index (Phi) is 3.06. The van der Waals surface area contributed by atoms with Crippen molar-refractivity contribution in [3.05, 3.63) is 45.8 Å². The smallest absolute Gasteiger partial charge is 0.284 e. The van der Waals surface area contributed by atoms with Crippen LogP contribution in [0.5, 0.6) is 0 Å². The molecule has 1 aromatic carbocycles. The molecule has 4 rings (SSSR count). The van der Waals surface area contributed by atoms with E-state index in [9.17, 15) is 9.59 Å². The van der Waals surface area contributed by atoms with E-state index < -0.39 is 5.91 Å². The van der Waals surface area contributed by atoms with Crippen LogP contribution in [-0.4, -0.2) is 5.91 Å². The molecule has 114 valence electrons. The number of hydrogen-bond donors (Lipinski definition) is 1. The maximum Gasteiger partial charge on any atom is 0.284 e. The van der Waals surface area contributed by atoms with E-state index >= 15 is 0 Å². The number of primary amides is 1. The molecule has 2 bridgehead atoms. The summed E-state index contributed by atoms with van der Waals surface area (Å²) in [7, 11) is 0. The summed E-state index contributed by atoms with van der Waals surface area (Å²) >= 11 is 0. The van der Waals surface area contributed by atoms with Crippen molar-refractivity contribution in [3.8, 4) is 0 Å². The van der Waals surface area contributed by atoms with E-state index in [-0.39, 0.29) is 11.2 Å². The minimum absolute atomic E-state index is 0.0477. The molecule has 0 spiro atoms. The molecule has 2 aliphatic rings. The molecule has 0 saturated heterocycles. The van der Waals surface area contributed by atoms with Gasteiger partial charge in [0.25, 0.3) is 5.91 Å². The van der Waals surface area contributed by atoms with Gasteiger partial charge in [-0.25, -0.2) is 0 Å². The van der Waals surface area contributed by atoms with Gasteiger partial charge in [0, 0.05) is 5.56 Å². The van der Waals surface area contributed by atoms with Crippen molar-refractivity contribution >= 4 is 16.9 Å². The summed E-state index contributed by atoms with van der Waals surface area (Å²) < 4.78 is 5.65. The molecule has 1 amide bonds. The van der Waals surface area contributed by atoms with Gasteiger partial charge in [0.05, 0.1) is 5.39 Å². The highest BCUT2D eigenvalue weighted by Crippen LogP contribution is 2.49. The molecule has 2 saturated carbocycles. The lowest BCUT2D eigenvalue weighted by atomic mass is 9.83. The van der Waals surface area contributed by atoms with Crippen LogP contribution in [0.15, 0.2) is 33.5 Å². The number of hydrogen-bond acceptors (Lipinski definition) is 3. The fraction of sp³-hybridized carbons (Fsp3) is 0.444. The van der Waals surface area contributed by atoms with Gasteiger partial charge in [0.2, 0.25) is 0 Å². The van der Waals surface area contributed by atoms with Crippen LogP contribution in [0.3, 0.4) is 0 Å². The second kappa shape index (κ2) is 4.97. The second-order valence-electron chi connectivity index (χ2n) is 6.74. The van der Waals surface area contributed by atoms with E-state index in [1.165, 1.54) is 19.3 Å². The third-order valence-electron chi connectivity index (χ3n) is 5.47. The predicted octanol–water partition coefficient (Wildman–Crippen LogP) is 2.87. The Balaban J connectivity index is 1.81. The van der Waals surface area contributed by atoms with Crippen molar-refractivity contribution in [2.45, 2.75) is 32.1 Å². The van der Waals surface area contributed by atoms with Crippen LogP contribution < -0.4 is 11.2 Å². The van der Waals surface area contributed by atoms with Gasteiger partial charge in [-0.1, -0.05) is 18.6 Å². The number of para-hydroxylation sites is 1. The monoisotopic (exact) mass is 297 g/mol. The van der Waals surface area contributed by atoms with Crippen LogP contribution in [0.4, 0.5) is 0 Å². The molecule has 2 N–H and O–H groups in total. The molecule has 2 fully saturated rings. The zero-order valence-corrected chi connectivity index (χ0v) is 12.4. The SMILES string of the molecule is NC(=O)c1oc2ccccc2c(=O)c1CC1CC2CCC1C2. The van der Waals surface area contributed by atoms with Gasteiger partial charge in [0.1, 0.15) is 5.58 Å². The lowest BCUT2D eigenvalue weighted by Crippen LogP contribution is -2.24. The van der Waals surface area contributed by atoms with Gasteiger partial charge in [-0.15, -0.1) is 0 Å². The van der Waals surface area contributed by atoms with Gasteiger partial charge in [-0.2, -0.15) is 0 Å². The van der Waals surface area contributed by atoms with Crippen molar-refractivity contribution in [1.82, 2.24) is 0 Å². The molecule has 4 nitrogen and oxygen atoms in total. The Hall–Kier alpha value is -2.10. The maximum absolute atomic E-state index is 12.8. The van der Waals surface area contributed by atoms with Crippen LogP contribution in [0.25, 0.3) is 11.0 Å². The molecule has 0 aliphatic heterocycles. The third-order valence-corrected chi connectivity index (χ3v) is 5.47. The van der Waals surface area contributed by atoms with E-state index in [1.807, 2.05) is 6.07 Å². The van der Waals surface area contributed by atoms with E-state index in [4.69, 9.17) is 10.2 Å². The lowest BCUT2D eigenvalue weighted by Gasteiger charge is -2.21. The van der Waals surface area contributed by atoms with E-state index in [1.54, 1.807) is 18.2 Å². The third kappa shape index (κ3) is 2.05. The molecular formula is C18H19NO3. The first kappa shape index (κ1) is 13.6. The number of amides is 1. The minimum atomic E-state index is -0.652. The number of carbonyl (C=O) groups is 1. The Morgan fingerprint density at radius 1 is 1.23 bits per heavy atom. The first-order valence-corrected chi connectivity index (χ1v) is 7.98. The quantitative estimate of drug-likeness (QED) is 0.946. The Morgan fingerprint density at radius 2 is 2.05 bits per heavy atom. The summed E-state index contributed by atoms with van der Waals surface area (Å²) in [5.41, 5.74) is 6.26. The molecule has 2 aromatic rings. The van der Waals surface area contributed by atoms with Crippen molar-refractivity contribution in [3.63, 3.8) is 0 Å². The summed E-state index contributed by atoms with van der Waals surface area (Å²) in [6, 6.07) is 7.04. The van der Waals surface area contributed by atoms with Crippen LogP contribution in [0, 0.1) is 17.8 Å². The van der Waals surface area contributed by atoms with Crippen molar-refractivity contribution < 1.29 is 9.21 Å². The first-order chi connectivity index (χ1) is 10.6. The van der Waals surface area contributed by atoms with Crippen molar-refractivity contribution in [1.29, 1.82) is 0 Å². The van der Waals surface area contributed by atoms with Crippen molar-refractivity contribution in [2.75, 3.05) is 0 Å². The highest BCUT2D eigenvalue weighted by atomic mass is 16.3. The molecule has 22 heavy (non-hydrogen) atoms. The molecular weight excluding hydrogens is 278 g/mol. The molecule has 3 unspecified atom stereocenters. The number of carbonyl (C=O) groups excluding carboxylic acids is 1. The normalized spacial score (nSPS) is 26.6. The zero-order chi connectivity index (χ0) is 15.3. The predicted molar refractivity (Wildman–Crippen MR) is 83.6 cm³/mol. The second-order valence-corrected chi connectivity index (χ2v) is 6.74. The number of nitrogens with two attached hydrogens (primary N) is 1. The summed E-state index contributed by atoms with van der Waals surface area (Å²) in [5, 5.41) is 0.533. The average molecular weight is 297 g/mol. The Morgan fingerprint density at radius 3 is 2.73 bits per heavy atom. The summed E-state index contributed by atoms with van der Waals surface area (Å²) in [6.07, 6.45) is 5.62. The van der Waals surface area contributed by atoms with Gasteiger partial charge in [0.15, 0.2) is 11.2 Å². The molecule has 1 aromatic heterocycles. The maximum atomic E-state index is 12.8. The largest absolute Gasteiger partial charge is 0.450 e. The van der Waals surface area contributed by atoms with Gasteiger partial charge < -0.3 is 10.2 Å². The van der Waals surface area contributed by atoms with E-state index in [0.717, 1.165) is 12.3 Å². The Labute approximate surface area is 128 Å².